The molecule has 1 aliphatic heterocycles. The van der Waals surface area contributed by atoms with Gasteiger partial charge >= 0.3 is 0 Å². The Hall–Kier alpha value is -2.74. The number of nitrogens with zero attached hydrogens (tertiary/aromatic N) is 4. The molecule has 1 aromatic heterocycles. The number of imide groups is 1. The van der Waals surface area contributed by atoms with Crippen LogP contribution in [-0.2, 0) is 16.6 Å². The molecule has 0 saturated heterocycles. The molecule has 0 fully saturated rings. The van der Waals surface area contributed by atoms with Gasteiger partial charge in [0, 0.05) is 13.1 Å². The van der Waals surface area contributed by atoms with Gasteiger partial charge in [0.05, 0.1) is 18.8 Å². The standard InChI is InChI=1S/C13H13N5O3/c1-17-12-8(3-2-4-9(12)15-16-17)14-10-7-11(20)18(5-6-19)13(10)21/h2-4,7,14,19H,5-6H2,1H3. The lowest BCUT2D eigenvalue weighted by molar-refractivity contribution is -0.137. The molecule has 0 saturated carbocycles. The Balaban J connectivity index is 1.93. The number of anilines is 1. The Morgan fingerprint density at radius 3 is 2.90 bits per heavy atom. The van der Waals surface area contributed by atoms with Crippen LogP contribution in [-0.4, -0.2) is 50.0 Å². The van der Waals surface area contributed by atoms with Gasteiger partial charge in [0.15, 0.2) is 0 Å². The van der Waals surface area contributed by atoms with Gasteiger partial charge in [-0.05, 0) is 12.1 Å². The van der Waals surface area contributed by atoms with E-state index in [0.29, 0.717) is 11.2 Å². The summed E-state index contributed by atoms with van der Waals surface area (Å²) in [5.41, 5.74) is 2.23. The number of aliphatic hydroxyl groups is 1. The van der Waals surface area contributed by atoms with Crippen LogP contribution in [0.4, 0.5) is 5.69 Å². The number of aliphatic hydroxyl groups excluding tert-OH is 1. The third-order valence-electron chi connectivity index (χ3n) is 3.23. The summed E-state index contributed by atoms with van der Waals surface area (Å²) in [7, 11) is 1.74. The highest BCUT2D eigenvalue weighted by Crippen LogP contribution is 2.24. The van der Waals surface area contributed by atoms with E-state index >= 15 is 0 Å². The van der Waals surface area contributed by atoms with Crippen molar-refractivity contribution in [2.24, 2.45) is 7.05 Å². The molecule has 0 unspecified atom stereocenters. The summed E-state index contributed by atoms with van der Waals surface area (Å²) >= 11 is 0. The number of nitrogens with one attached hydrogen (secondary N) is 1. The monoisotopic (exact) mass is 287 g/mol. The molecule has 8 nitrogen and oxygen atoms in total. The van der Waals surface area contributed by atoms with Crippen molar-refractivity contribution in [3.63, 3.8) is 0 Å². The molecule has 0 atom stereocenters. The lowest BCUT2D eigenvalue weighted by Gasteiger charge is -2.13. The summed E-state index contributed by atoms with van der Waals surface area (Å²) in [5.74, 6) is -0.895. The van der Waals surface area contributed by atoms with Crippen LogP contribution in [0.1, 0.15) is 0 Å². The van der Waals surface area contributed by atoms with Crippen molar-refractivity contribution in [3.8, 4) is 0 Å². The number of para-hydroxylation sites is 1. The molecule has 2 N–H and O–H groups in total. The Morgan fingerprint density at radius 2 is 2.14 bits per heavy atom. The van der Waals surface area contributed by atoms with Crippen molar-refractivity contribution in [1.29, 1.82) is 0 Å². The number of rotatable bonds is 4. The number of aromatic nitrogens is 3. The van der Waals surface area contributed by atoms with Crippen molar-refractivity contribution in [2.45, 2.75) is 0 Å². The van der Waals surface area contributed by atoms with E-state index in [0.717, 1.165) is 10.4 Å². The first kappa shape index (κ1) is 13.3. The van der Waals surface area contributed by atoms with Gasteiger partial charge in [-0.3, -0.25) is 14.5 Å². The molecule has 8 heteroatoms. The summed E-state index contributed by atoms with van der Waals surface area (Å²) in [5, 5.41) is 19.7. The number of benzene rings is 1. The molecule has 21 heavy (non-hydrogen) atoms. The quantitative estimate of drug-likeness (QED) is 0.744. The van der Waals surface area contributed by atoms with Gasteiger partial charge in [-0.25, -0.2) is 4.68 Å². The molecule has 108 valence electrons. The first-order valence-corrected chi connectivity index (χ1v) is 6.35. The zero-order valence-corrected chi connectivity index (χ0v) is 11.3. The third-order valence-corrected chi connectivity index (χ3v) is 3.23. The van der Waals surface area contributed by atoms with E-state index in [-0.39, 0.29) is 18.8 Å². The largest absolute Gasteiger partial charge is 0.395 e. The molecular formula is C13H13N5O3. The maximum atomic E-state index is 12.1. The van der Waals surface area contributed by atoms with E-state index in [9.17, 15) is 9.59 Å². The van der Waals surface area contributed by atoms with Crippen LogP contribution in [0.5, 0.6) is 0 Å². The maximum Gasteiger partial charge on any atom is 0.277 e. The van der Waals surface area contributed by atoms with Crippen molar-refractivity contribution < 1.29 is 14.7 Å². The molecule has 2 amide bonds. The summed E-state index contributed by atoms with van der Waals surface area (Å²) in [6.07, 6.45) is 1.22. The molecule has 1 aliphatic rings. The highest BCUT2D eigenvalue weighted by Gasteiger charge is 2.30. The van der Waals surface area contributed by atoms with Crippen molar-refractivity contribution >= 4 is 28.5 Å². The lowest BCUT2D eigenvalue weighted by atomic mass is 10.2. The molecule has 0 spiro atoms. The highest BCUT2D eigenvalue weighted by atomic mass is 16.3. The number of β-amino-alcohol motifs (C(OH)–C–C–N with tert-alkyl or cyclic N) is 1. The molecule has 3 rings (SSSR count). The number of fused-ring (bicyclic) bond motifs is 1. The second-order valence-corrected chi connectivity index (χ2v) is 4.59. The van der Waals surface area contributed by atoms with Gasteiger partial charge in [-0.1, -0.05) is 11.3 Å². The number of hydrogen-bond acceptors (Lipinski definition) is 6. The first-order valence-electron chi connectivity index (χ1n) is 6.35. The fourth-order valence-corrected chi connectivity index (χ4v) is 2.27. The van der Waals surface area contributed by atoms with Crippen molar-refractivity contribution in [2.75, 3.05) is 18.5 Å². The zero-order chi connectivity index (χ0) is 15.0. The summed E-state index contributed by atoms with van der Waals surface area (Å²) in [6.45, 7) is -0.281. The molecular weight excluding hydrogens is 274 g/mol. The van der Waals surface area contributed by atoms with Crippen molar-refractivity contribution in [1.82, 2.24) is 19.9 Å². The average Bonchev–Trinajstić information content (AvgIpc) is 2.96. The SMILES string of the molecule is Cn1nnc2cccc(NC3=CC(=O)N(CCO)C3=O)c21. The highest BCUT2D eigenvalue weighted by molar-refractivity contribution is 6.17. The normalized spacial score (nSPS) is 15.0. The summed E-state index contributed by atoms with van der Waals surface area (Å²) < 4.78 is 1.59. The maximum absolute atomic E-state index is 12.1. The Bertz CT molecular complexity index is 764. The Kier molecular flexibility index (Phi) is 3.15. The molecule has 2 heterocycles. The van der Waals surface area contributed by atoms with Gasteiger partial charge in [-0.15, -0.1) is 5.10 Å². The van der Waals surface area contributed by atoms with Crippen molar-refractivity contribution in [3.05, 3.63) is 30.0 Å². The Labute approximate surface area is 119 Å². The van der Waals surface area contributed by atoms with Crippen LogP contribution in [0.15, 0.2) is 30.0 Å². The fourth-order valence-electron chi connectivity index (χ4n) is 2.27. The fraction of sp³-hybridized carbons (Fsp3) is 0.231. The number of carbonyl (C=O) groups excluding carboxylic acids is 2. The molecule has 0 bridgehead atoms. The van der Waals surface area contributed by atoms with E-state index in [1.165, 1.54) is 6.08 Å². The number of aryl methyl sites for hydroxylation is 1. The lowest BCUT2D eigenvalue weighted by Crippen LogP contribution is -2.34. The number of hydrogen-bond donors (Lipinski definition) is 2. The molecule has 0 radical (unpaired) electrons. The minimum atomic E-state index is -0.457. The van der Waals surface area contributed by atoms with Crippen LogP contribution in [0.3, 0.4) is 0 Å². The van der Waals surface area contributed by atoms with E-state index < -0.39 is 11.8 Å². The summed E-state index contributed by atoms with van der Waals surface area (Å²) in [4.78, 5) is 24.8. The number of amides is 2. The topological polar surface area (TPSA) is 100 Å². The predicted octanol–water partition coefficient (Wildman–Crippen LogP) is -0.375. The van der Waals surface area contributed by atoms with Gasteiger partial charge in [0.1, 0.15) is 16.7 Å². The number of carbonyl (C=O) groups is 2. The molecule has 0 aliphatic carbocycles. The second-order valence-electron chi connectivity index (χ2n) is 4.59. The van der Waals surface area contributed by atoms with Crippen LogP contribution in [0, 0.1) is 0 Å². The van der Waals surface area contributed by atoms with E-state index in [2.05, 4.69) is 15.6 Å². The van der Waals surface area contributed by atoms with Gasteiger partial charge in [0.25, 0.3) is 11.8 Å². The van der Waals surface area contributed by atoms with Crippen LogP contribution in [0.25, 0.3) is 11.0 Å². The summed E-state index contributed by atoms with van der Waals surface area (Å²) in [6, 6.07) is 5.37. The van der Waals surface area contributed by atoms with E-state index in [4.69, 9.17) is 5.11 Å². The molecule has 1 aromatic carbocycles. The van der Waals surface area contributed by atoms with Gasteiger partial charge in [0.2, 0.25) is 0 Å². The van der Waals surface area contributed by atoms with Gasteiger partial charge in [-0.2, -0.15) is 0 Å². The Morgan fingerprint density at radius 1 is 1.33 bits per heavy atom. The average molecular weight is 287 g/mol. The van der Waals surface area contributed by atoms with Crippen LogP contribution >= 0.6 is 0 Å². The van der Waals surface area contributed by atoms with E-state index in [1.807, 2.05) is 6.07 Å². The zero-order valence-electron chi connectivity index (χ0n) is 11.3. The van der Waals surface area contributed by atoms with Gasteiger partial charge < -0.3 is 10.4 Å². The third kappa shape index (κ3) is 2.15. The first-order chi connectivity index (χ1) is 10.1. The molecule has 2 aromatic rings. The van der Waals surface area contributed by atoms with E-state index in [1.54, 1.807) is 23.9 Å². The minimum absolute atomic E-state index is 0.0171. The minimum Gasteiger partial charge on any atom is -0.395 e. The second kappa shape index (κ2) is 4.98. The smallest absolute Gasteiger partial charge is 0.277 e. The van der Waals surface area contributed by atoms with Crippen LogP contribution < -0.4 is 5.32 Å². The van der Waals surface area contributed by atoms with Crippen LogP contribution in [0.2, 0.25) is 0 Å². The predicted molar refractivity (Wildman–Crippen MR) is 74.0 cm³/mol.